The SMILES string of the molecule is Cc1ccc(N2C[C@H](C(=O)NNc3cccc(OCc4ccc(F)cc4)c3)CC2=O)cc1. The van der Waals surface area contributed by atoms with Gasteiger partial charge in [0.05, 0.1) is 11.6 Å². The molecule has 3 aromatic rings. The maximum atomic E-state index is 13.0. The quantitative estimate of drug-likeness (QED) is 0.548. The molecule has 7 heteroatoms. The molecule has 4 rings (SSSR count). The molecular weight excluding hydrogens is 409 g/mol. The number of anilines is 2. The van der Waals surface area contributed by atoms with Crippen molar-refractivity contribution < 1.29 is 18.7 Å². The summed E-state index contributed by atoms with van der Waals surface area (Å²) in [7, 11) is 0. The lowest BCUT2D eigenvalue weighted by atomic mass is 10.1. The highest BCUT2D eigenvalue weighted by molar-refractivity contribution is 6.00. The highest BCUT2D eigenvalue weighted by Gasteiger charge is 2.35. The molecule has 1 fully saturated rings. The zero-order chi connectivity index (χ0) is 22.5. The predicted octanol–water partition coefficient (Wildman–Crippen LogP) is 4.21. The first-order valence-electron chi connectivity index (χ1n) is 10.4. The van der Waals surface area contributed by atoms with E-state index in [0.29, 0.717) is 24.6 Å². The number of aryl methyl sites for hydroxylation is 1. The second-order valence-corrected chi connectivity index (χ2v) is 7.80. The van der Waals surface area contributed by atoms with Gasteiger partial charge in [0.25, 0.3) is 0 Å². The molecular formula is C25H24FN3O3. The Morgan fingerprint density at radius 3 is 2.59 bits per heavy atom. The van der Waals surface area contributed by atoms with Crippen LogP contribution in [-0.2, 0) is 16.2 Å². The Balaban J connectivity index is 1.30. The largest absolute Gasteiger partial charge is 0.489 e. The molecule has 0 saturated carbocycles. The average Bonchev–Trinajstić information content (AvgIpc) is 3.19. The Bertz CT molecular complexity index is 1100. The minimum Gasteiger partial charge on any atom is -0.489 e. The van der Waals surface area contributed by atoms with Gasteiger partial charge in [0, 0.05) is 24.7 Å². The summed E-state index contributed by atoms with van der Waals surface area (Å²) in [6.07, 6.45) is 0.169. The summed E-state index contributed by atoms with van der Waals surface area (Å²) < 4.78 is 18.7. The molecule has 1 saturated heterocycles. The molecule has 6 nitrogen and oxygen atoms in total. The van der Waals surface area contributed by atoms with E-state index in [9.17, 15) is 14.0 Å². The van der Waals surface area contributed by atoms with E-state index in [1.54, 1.807) is 41.3 Å². The van der Waals surface area contributed by atoms with Crippen LogP contribution >= 0.6 is 0 Å². The van der Waals surface area contributed by atoms with Gasteiger partial charge < -0.3 is 9.64 Å². The van der Waals surface area contributed by atoms with Crippen LogP contribution in [0.5, 0.6) is 5.75 Å². The molecule has 0 radical (unpaired) electrons. The molecule has 1 heterocycles. The summed E-state index contributed by atoms with van der Waals surface area (Å²) in [5.41, 5.74) is 8.98. The molecule has 32 heavy (non-hydrogen) atoms. The first-order chi connectivity index (χ1) is 15.5. The van der Waals surface area contributed by atoms with Gasteiger partial charge >= 0.3 is 0 Å². The third-order valence-corrected chi connectivity index (χ3v) is 5.32. The van der Waals surface area contributed by atoms with E-state index in [2.05, 4.69) is 10.9 Å². The van der Waals surface area contributed by atoms with Gasteiger partial charge in [-0.05, 0) is 48.9 Å². The first-order valence-corrected chi connectivity index (χ1v) is 10.4. The Labute approximate surface area is 186 Å². The third-order valence-electron chi connectivity index (χ3n) is 5.32. The minimum absolute atomic E-state index is 0.0646. The van der Waals surface area contributed by atoms with E-state index in [4.69, 9.17) is 4.74 Å². The number of rotatable bonds is 7. The molecule has 1 aliphatic heterocycles. The molecule has 0 unspecified atom stereocenters. The van der Waals surface area contributed by atoms with E-state index in [1.165, 1.54) is 12.1 Å². The van der Waals surface area contributed by atoms with Gasteiger partial charge in [-0.25, -0.2) is 4.39 Å². The maximum absolute atomic E-state index is 13.0. The van der Waals surface area contributed by atoms with Crippen molar-refractivity contribution in [2.45, 2.75) is 20.0 Å². The highest BCUT2D eigenvalue weighted by Crippen LogP contribution is 2.25. The number of ether oxygens (including phenoxy) is 1. The number of hydrazine groups is 1. The molecule has 2 amide bonds. The van der Waals surface area contributed by atoms with Gasteiger partial charge in [-0.1, -0.05) is 35.9 Å². The lowest BCUT2D eigenvalue weighted by molar-refractivity contribution is -0.125. The summed E-state index contributed by atoms with van der Waals surface area (Å²) >= 11 is 0. The van der Waals surface area contributed by atoms with Gasteiger partial charge in [-0.3, -0.25) is 20.4 Å². The predicted molar refractivity (Wildman–Crippen MR) is 121 cm³/mol. The van der Waals surface area contributed by atoms with Crippen LogP contribution in [0, 0.1) is 18.7 Å². The average molecular weight is 433 g/mol. The van der Waals surface area contributed by atoms with Crippen LogP contribution in [-0.4, -0.2) is 18.4 Å². The van der Waals surface area contributed by atoms with Gasteiger partial charge in [0.15, 0.2) is 0 Å². The van der Waals surface area contributed by atoms with Crippen LogP contribution in [0.25, 0.3) is 0 Å². The number of hydrogen-bond donors (Lipinski definition) is 2. The van der Waals surface area contributed by atoms with Crippen LogP contribution in [0.2, 0.25) is 0 Å². The van der Waals surface area contributed by atoms with Crippen molar-refractivity contribution in [1.82, 2.24) is 5.43 Å². The van der Waals surface area contributed by atoms with Crippen molar-refractivity contribution in [2.24, 2.45) is 5.92 Å². The van der Waals surface area contributed by atoms with Crippen molar-refractivity contribution in [3.05, 3.63) is 89.7 Å². The number of amides is 2. The number of carbonyl (C=O) groups excluding carboxylic acids is 2. The second-order valence-electron chi connectivity index (χ2n) is 7.80. The zero-order valence-electron chi connectivity index (χ0n) is 17.7. The van der Waals surface area contributed by atoms with Crippen LogP contribution in [0.3, 0.4) is 0 Å². The summed E-state index contributed by atoms with van der Waals surface area (Å²) in [4.78, 5) is 26.6. The number of benzene rings is 3. The van der Waals surface area contributed by atoms with Gasteiger partial charge in [-0.15, -0.1) is 0 Å². The molecule has 164 valence electrons. The van der Waals surface area contributed by atoms with Crippen LogP contribution in [0.15, 0.2) is 72.8 Å². The van der Waals surface area contributed by atoms with Gasteiger partial charge in [0.1, 0.15) is 18.2 Å². The smallest absolute Gasteiger partial charge is 0.243 e. The van der Waals surface area contributed by atoms with Crippen LogP contribution < -0.4 is 20.5 Å². The van der Waals surface area contributed by atoms with E-state index >= 15 is 0 Å². The van der Waals surface area contributed by atoms with Gasteiger partial charge in [0.2, 0.25) is 11.8 Å². The second kappa shape index (κ2) is 9.51. The third kappa shape index (κ3) is 5.24. The number of nitrogens with one attached hydrogen (secondary N) is 2. The Morgan fingerprint density at radius 1 is 1.09 bits per heavy atom. The topological polar surface area (TPSA) is 70.7 Å². The summed E-state index contributed by atoms with van der Waals surface area (Å²) in [6, 6.07) is 20.9. The fourth-order valence-corrected chi connectivity index (χ4v) is 3.50. The molecule has 0 spiro atoms. The van der Waals surface area contributed by atoms with Gasteiger partial charge in [-0.2, -0.15) is 0 Å². The highest BCUT2D eigenvalue weighted by atomic mass is 19.1. The number of nitrogens with zero attached hydrogens (tertiary/aromatic N) is 1. The van der Waals surface area contributed by atoms with Crippen molar-refractivity contribution in [2.75, 3.05) is 16.9 Å². The number of carbonyl (C=O) groups is 2. The molecule has 1 atom stereocenters. The standard InChI is InChI=1S/C25H24FN3O3/c1-17-5-11-22(12-6-17)29-15-19(13-24(29)30)25(31)28-27-21-3-2-4-23(14-21)32-16-18-7-9-20(26)10-8-18/h2-12,14,19,27H,13,15-16H2,1H3,(H,28,31)/t19-/m1/s1. The first kappa shape index (κ1) is 21.4. The number of hydrogen-bond acceptors (Lipinski definition) is 4. The van der Waals surface area contributed by atoms with Crippen molar-refractivity contribution in [3.8, 4) is 5.75 Å². The zero-order valence-corrected chi connectivity index (χ0v) is 17.7. The molecule has 0 bridgehead atoms. The van der Waals surface area contributed by atoms with Crippen molar-refractivity contribution in [1.29, 1.82) is 0 Å². The van der Waals surface area contributed by atoms with Crippen molar-refractivity contribution >= 4 is 23.2 Å². The molecule has 0 aliphatic carbocycles. The fraction of sp³-hybridized carbons (Fsp3) is 0.200. The molecule has 1 aliphatic rings. The van der Waals surface area contributed by atoms with Crippen molar-refractivity contribution in [3.63, 3.8) is 0 Å². The monoisotopic (exact) mass is 433 g/mol. The normalized spacial score (nSPS) is 15.5. The lowest BCUT2D eigenvalue weighted by Gasteiger charge is -2.17. The summed E-state index contributed by atoms with van der Waals surface area (Å²) in [6.45, 7) is 2.63. The summed E-state index contributed by atoms with van der Waals surface area (Å²) in [5.74, 6) is -0.429. The summed E-state index contributed by atoms with van der Waals surface area (Å²) in [5, 5.41) is 0. The molecule has 3 aromatic carbocycles. The molecule has 0 aromatic heterocycles. The minimum atomic E-state index is -0.436. The van der Waals surface area contributed by atoms with E-state index in [0.717, 1.165) is 16.8 Å². The van der Waals surface area contributed by atoms with Crippen LogP contribution in [0.4, 0.5) is 15.8 Å². The Hall–Kier alpha value is -3.87. The van der Waals surface area contributed by atoms with E-state index < -0.39 is 5.92 Å². The lowest BCUT2D eigenvalue weighted by Crippen LogP contribution is -2.36. The Kier molecular flexibility index (Phi) is 6.35. The Morgan fingerprint density at radius 2 is 1.84 bits per heavy atom. The fourth-order valence-electron chi connectivity index (χ4n) is 3.50. The van der Waals surface area contributed by atoms with Crippen LogP contribution in [0.1, 0.15) is 17.5 Å². The van der Waals surface area contributed by atoms with E-state index in [-0.39, 0.29) is 24.1 Å². The molecule has 2 N–H and O–H groups in total. The number of halogens is 1. The van der Waals surface area contributed by atoms with E-state index in [1.807, 2.05) is 31.2 Å². The maximum Gasteiger partial charge on any atom is 0.243 e.